The molecule has 0 saturated heterocycles. The minimum Gasteiger partial charge on any atom is -0.478 e. The van der Waals surface area contributed by atoms with E-state index in [9.17, 15) is 14.4 Å². The molecule has 3 rings (SSSR count). The molecule has 0 fully saturated rings. The number of urea groups is 1. The summed E-state index contributed by atoms with van der Waals surface area (Å²) in [5.74, 6) is -1.38. The molecule has 8 nitrogen and oxygen atoms in total. The fourth-order valence-corrected chi connectivity index (χ4v) is 2.33. The molecule has 0 aliphatic carbocycles. The molecule has 1 aromatic heterocycles. The Kier molecular flexibility index (Phi) is 3.34. The lowest BCUT2D eigenvalue weighted by Gasteiger charge is -2.04. The van der Waals surface area contributed by atoms with Crippen LogP contribution in [0.2, 0.25) is 0 Å². The fourth-order valence-electron chi connectivity index (χ4n) is 2.33. The zero-order valence-electron chi connectivity index (χ0n) is 11.7. The second-order valence-corrected chi connectivity index (χ2v) is 4.91. The Bertz CT molecular complexity index is 866. The maximum atomic E-state index is 12.1. The molecule has 0 radical (unpaired) electrons. The number of aromatic carboxylic acids is 1. The number of amides is 3. The Morgan fingerprint density at radius 2 is 2.04 bits per heavy atom. The predicted octanol–water partition coefficient (Wildman–Crippen LogP) is 1.70. The average molecular weight is 312 g/mol. The Morgan fingerprint density at radius 1 is 1.26 bits per heavy atom. The van der Waals surface area contributed by atoms with Crippen molar-refractivity contribution in [2.24, 2.45) is 5.73 Å². The van der Waals surface area contributed by atoms with Crippen LogP contribution in [0.5, 0.6) is 0 Å². The van der Waals surface area contributed by atoms with Crippen LogP contribution in [0.15, 0.2) is 30.5 Å². The van der Waals surface area contributed by atoms with E-state index in [1.165, 1.54) is 12.3 Å². The van der Waals surface area contributed by atoms with Gasteiger partial charge >= 0.3 is 12.0 Å². The van der Waals surface area contributed by atoms with Gasteiger partial charge in [-0.05, 0) is 30.3 Å². The number of nitrogens with one attached hydrogen (secondary N) is 3. The Labute approximate surface area is 130 Å². The minimum absolute atomic E-state index is 0.0969. The zero-order chi connectivity index (χ0) is 16.6. The summed E-state index contributed by atoms with van der Waals surface area (Å²) in [6.07, 6.45) is 2.88. The number of rotatable bonds is 3. The lowest BCUT2D eigenvalue weighted by Crippen LogP contribution is -2.19. The van der Waals surface area contributed by atoms with Crippen LogP contribution < -0.4 is 16.4 Å². The standard InChI is InChI=1S/C15H12N4O4/c16-15(23)18-8-1-2-12-10(4-8)11(13(20)19-12)5-9-3-7(6-17-9)14(21)22/h1-6,17H,(H,19,20)(H,21,22)(H3,16,18,23). The summed E-state index contributed by atoms with van der Waals surface area (Å²) in [5, 5.41) is 14.1. The first-order valence-corrected chi connectivity index (χ1v) is 6.59. The van der Waals surface area contributed by atoms with Gasteiger partial charge in [-0.15, -0.1) is 0 Å². The maximum Gasteiger partial charge on any atom is 0.337 e. The third-order valence-corrected chi connectivity index (χ3v) is 3.32. The lowest BCUT2D eigenvalue weighted by molar-refractivity contribution is -0.110. The number of benzene rings is 1. The van der Waals surface area contributed by atoms with Crippen molar-refractivity contribution in [3.8, 4) is 0 Å². The van der Waals surface area contributed by atoms with Gasteiger partial charge in [0.15, 0.2) is 0 Å². The van der Waals surface area contributed by atoms with Gasteiger partial charge in [-0.25, -0.2) is 9.59 Å². The van der Waals surface area contributed by atoms with Gasteiger partial charge in [0.25, 0.3) is 5.91 Å². The van der Waals surface area contributed by atoms with Crippen molar-refractivity contribution in [1.82, 2.24) is 4.98 Å². The largest absolute Gasteiger partial charge is 0.478 e. The highest BCUT2D eigenvalue weighted by Gasteiger charge is 2.24. The van der Waals surface area contributed by atoms with Crippen molar-refractivity contribution < 1.29 is 19.5 Å². The van der Waals surface area contributed by atoms with Crippen molar-refractivity contribution in [2.75, 3.05) is 10.6 Å². The predicted molar refractivity (Wildman–Crippen MR) is 83.9 cm³/mol. The Hall–Kier alpha value is -3.55. The van der Waals surface area contributed by atoms with Crippen LogP contribution in [-0.4, -0.2) is 28.0 Å². The molecule has 1 aromatic carbocycles. The van der Waals surface area contributed by atoms with Gasteiger partial charge in [0.2, 0.25) is 0 Å². The number of aromatic amines is 1. The van der Waals surface area contributed by atoms with Gasteiger partial charge in [-0.1, -0.05) is 0 Å². The Balaban J connectivity index is 2.00. The van der Waals surface area contributed by atoms with Crippen molar-refractivity contribution in [3.05, 3.63) is 47.3 Å². The normalized spacial score (nSPS) is 14.4. The maximum absolute atomic E-state index is 12.1. The van der Waals surface area contributed by atoms with Crippen molar-refractivity contribution >= 4 is 40.9 Å². The topological polar surface area (TPSA) is 137 Å². The van der Waals surface area contributed by atoms with Gasteiger partial charge in [0, 0.05) is 28.8 Å². The first-order valence-electron chi connectivity index (χ1n) is 6.59. The molecule has 23 heavy (non-hydrogen) atoms. The van der Waals surface area contributed by atoms with E-state index in [1.807, 2.05) is 0 Å². The molecule has 2 heterocycles. The number of nitrogens with two attached hydrogens (primary N) is 1. The molecular formula is C15H12N4O4. The molecule has 0 unspecified atom stereocenters. The third-order valence-electron chi connectivity index (χ3n) is 3.32. The number of anilines is 2. The van der Waals surface area contributed by atoms with Crippen molar-refractivity contribution in [3.63, 3.8) is 0 Å². The highest BCUT2D eigenvalue weighted by molar-refractivity contribution is 6.35. The monoisotopic (exact) mass is 312 g/mol. The van der Waals surface area contributed by atoms with Crippen LogP contribution >= 0.6 is 0 Å². The minimum atomic E-state index is -1.06. The van der Waals surface area contributed by atoms with E-state index in [0.717, 1.165) is 0 Å². The molecule has 0 bridgehead atoms. The number of hydrogen-bond donors (Lipinski definition) is 5. The van der Waals surface area contributed by atoms with E-state index >= 15 is 0 Å². The summed E-state index contributed by atoms with van der Waals surface area (Å²) in [5.41, 5.74) is 7.65. The molecule has 116 valence electrons. The van der Waals surface area contributed by atoms with Crippen molar-refractivity contribution in [1.29, 1.82) is 0 Å². The first kappa shape index (κ1) is 14.4. The average Bonchev–Trinajstić information content (AvgIpc) is 3.05. The van der Waals surface area contributed by atoms with Crippen LogP contribution in [0.3, 0.4) is 0 Å². The number of primary amides is 1. The first-order chi connectivity index (χ1) is 10.9. The van der Waals surface area contributed by atoms with Crippen LogP contribution in [0, 0.1) is 0 Å². The summed E-state index contributed by atoms with van der Waals surface area (Å²) < 4.78 is 0. The second kappa shape index (κ2) is 5.34. The molecule has 1 aliphatic heterocycles. The molecule has 0 atom stereocenters. The number of aromatic nitrogens is 1. The van der Waals surface area contributed by atoms with Crippen LogP contribution in [0.1, 0.15) is 21.6 Å². The number of fused-ring (bicyclic) bond motifs is 1. The lowest BCUT2D eigenvalue weighted by atomic mass is 10.1. The Morgan fingerprint density at radius 3 is 2.70 bits per heavy atom. The van der Waals surface area contributed by atoms with Gasteiger partial charge in [-0.2, -0.15) is 0 Å². The summed E-state index contributed by atoms with van der Waals surface area (Å²) in [6.45, 7) is 0. The fraction of sp³-hybridized carbons (Fsp3) is 0. The van der Waals surface area contributed by atoms with Gasteiger partial charge in [-0.3, -0.25) is 4.79 Å². The van der Waals surface area contributed by atoms with Crippen LogP contribution in [0.25, 0.3) is 11.6 Å². The van der Waals surface area contributed by atoms with Crippen molar-refractivity contribution in [2.45, 2.75) is 0 Å². The summed E-state index contributed by atoms with van der Waals surface area (Å²) >= 11 is 0. The quantitative estimate of drug-likeness (QED) is 0.551. The molecule has 6 N–H and O–H groups in total. The van der Waals surface area contributed by atoms with E-state index in [0.29, 0.717) is 28.2 Å². The molecular weight excluding hydrogens is 300 g/mol. The number of carboxylic acids is 1. The molecule has 3 amide bonds. The van der Waals surface area contributed by atoms with Crippen LogP contribution in [-0.2, 0) is 4.79 Å². The molecule has 1 aliphatic rings. The van der Waals surface area contributed by atoms with E-state index in [-0.39, 0.29) is 11.5 Å². The highest BCUT2D eigenvalue weighted by atomic mass is 16.4. The van der Waals surface area contributed by atoms with E-state index in [4.69, 9.17) is 10.8 Å². The van der Waals surface area contributed by atoms with E-state index in [1.54, 1.807) is 24.3 Å². The molecule has 0 saturated carbocycles. The zero-order valence-corrected chi connectivity index (χ0v) is 11.7. The van der Waals surface area contributed by atoms with E-state index in [2.05, 4.69) is 15.6 Å². The number of carbonyl (C=O) groups is 3. The summed E-state index contributed by atoms with van der Waals surface area (Å²) in [4.78, 5) is 36.7. The van der Waals surface area contributed by atoms with Gasteiger partial charge in [0.05, 0.1) is 11.1 Å². The SMILES string of the molecule is NC(=O)Nc1ccc2c(c1)C(=Cc1cc(C(=O)O)c[nH]1)C(=O)N2. The van der Waals surface area contributed by atoms with Crippen LogP contribution in [0.4, 0.5) is 16.2 Å². The van der Waals surface area contributed by atoms with Gasteiger partial charge in [0.1, 0.15) is 0 Å². The smallest absolute Gasteiger partial charge is 0.337 e. The number of hydrogen-bond acceptors (Lipinski definition) is 3. The number of carboxylic acid groups (broad SMARTS) is 1. The number of H-pyrrole nitrogens is 1. The summed E-state index contributed by atoms with van der Waals surface area (Å²) in [7, 11) is 0. The number of carbonyl (C=O) groups excluding carboxylic acids is 2. The van der Waals surface area contributed by atoms with E-state index < -0.39 is 12.0 Å². The highest BCUT2D eigenvalue weighted by Crippen LogP contribution is 2.35. The van der Waals surface area contributed by atoms with Gasteiger partial charge < -0.3 is 26.5 Å². The summed E-state index contributed by atoms with van der Waals surface area (Å²) in [6, 6.07) is 5.60. The molecule has 0 spiro atoms. The third kappa shape index (κ3) is 2.77. The molecule has 2 aromatic rings. The molecule has 8 heteroatoms. The second-order valence-electron chi connectivity index (χ2n) is 4.91.